The van der Waals surface area contributed by atoms with Crippen LogP contribution in [0.2, 0.25) is 0 Å². The molecule has 11 heteroatoms. The molecule has 8 nitrogen and oxygen atoms in total. The van der Waals surface area contributed by atoms with Gasteiger partial charge in [0.25, 0.3) is 0 Å². The van der Waals surface area contributed by atoms with Gasteiger partial charge in [-0.05, 0) is 44.0 Å². The molecule has 0 radical (unpaired) electrons. The summed E-state index contributed by atoms with van der Waals surface area (Å²) in [4.78, 5) is 15.3. The standard InChI is InChI=1S/C23H24F3N3O5/c1-4-32-22-16(14-29(28-22)20-11-10-17(13-27-20)23(24,25)26)7-6-12-33-19-9-5-8-18(31-3)21(19)34-15(2)30/h5,8-11,13-14H,4,6-7,12H2,1-3H3. The van der Waals surface area contributed by atoms with Crippen molar-refractivity contribution in [3.05, 3.63) is 53.9 Å². The van der Waals surface area contributed by atoms with Gasteiger partial charge in [0.05, 0.1) is 25.9 Å². The van der Waals surface area contributed by atoms with Crippen LogP contribution in [-0.2, 0) is 17.4 Å². The van der Waals surface area contributed by atoms with E-state index in [2.05, 4.69) is 10.1 Å². The normalized spacial score (nSPS) is 11.2. The maximum Gasteiger partial charge on any atom is 0.417 e. The second-order valence-electron chi connectivity index (χ2n) is 7.07. The van der Waals surface area contributed by atoms with Gasteiger partial charge in [-0.15, -0.1) is 5.10 Å². The van der Waals surface area contributed by atoms with Crippen molar-refractivity contribution in [3.8, 4) is 28.9 Å². The van der Waals surface area contributed by atoms with E-state index in [0.717, 1.165) is 17.8 Å². The topological polar surface area (TPSA) is 84.7 Å². The van der Waals surface area contributed by atoms with E-state index in [9.17, 15) is 18.0 Å². The summed E-state index contributed by atoms with van der Waals surface area (Å²) in [6.45, 7) is 3.75. The zero-order valence-corrected chi connectivity index (χ0v) is 18.9. The summed E-state index contributed by atoms with van der Waals surface area (Å²) in [5.74, 6) is 1.04. The minimum atomic E-state index is -4.46. The van der Waals surface area contributed by atoms with E-state index in [0.29, 0.717) is 36.8 Å². The summed E-state index contributed by atoms with van der Waals surface area (Å²) < 4.78 is 61.6. The molecule has 182 valence electrons. The van der Waals surface area contributed by atoms with Crippen LogP contribution >= 0.6 is 0 Å². The Bertz CT molecular complexity index is 1110. The summed E-state index contributed by atoms with van der Waals surface area (Å²) >= 11 is 0. The van der Waals surface area contributed by atoms with Gasteiger partial charge in [0, 0.05) is 24.9 Å². The number of carbonyl (C=O) groups excluding carboxylic acids is 1. The van der Waals surface area contributed by atoms with E-state index in [4.69, 9.17) is 18.9 Å². The highest BCUT2D eigenvalue weighted by molar-refractivity contribution is 5.72. The Kier molecular flexibility index (Phi) is 7.98. The average Bonchev–Trinajstić information content (AvgIpc) is 3.19. The van der Waals surface area contributed by atoms with Crippen molar-refractivity contribution >= 4 is 5.97 Å². The summed E-state index contributed by atoms with van der Waals surface area (Å²) in [7, 11) is 1.46. The third-order valence-electron chi connectivity index (χ3n) is 4.60. The Morgan fingerprint density at radius 1 is 1.12 bits per heavy atom. The Morgan fingerprint density at radius 3 is 2.50 bits per heavy atom. The number of para-hydroxylation sites is 1. The Labute approximate surface area is 194 Å². The van der Waals surface area contributed by atoms with Gasteiger partial charge in [-0.2, -0.15) is 13.2 Å². The van der Waals surface area contributed by atoms with Crippen molar-refractivity contribution in [3.63, 3.8) is 0 Å². The first-order chi connectivity index (χ1) is 16.2. The fraction of sp³-hybridized carbons (Fsp3) is 0.348. The number of nitrogens with zero attached hydrogens (tertiary/aromatic N) is 3. The number of hydrogen-bond donors (Lipinski definition) is 0. The lowest BCUT2D eigenvalue weighted by Crippen LogP contribution is -2.07. The van der Waals surface area contributed by atoms with E-state index in [-0.39, 0.29) is 18.2 Å². The lowest BCUT2D eigenvalue weighted by atomic mass is 10.2. The Balaban J connectivity index is 1.69. The summed E-state index contributed by atoms with van der Waals surface area (Å²) in [6.07, 6.45) is -0.961. The van der Waals surface area contributed by atoms with Crippen molar-refractivity contribution in [1.29, 1.82) is 0 Å². The van der Waals surface area contributed by atoms with Gasteiger partial charge in [-0.3, -0.25) is 4.79 Å². The minimum absolute atomic E-state index is 0.203. The number of aromatic nitrogens is 3. The highest BCUT2D eigenvalue weighted by atomic mass is 19.4. The first-order valence-electron chi connectivity index (χ1n) is 10.5. The molecule has 3 rings (SSSR count). The van der Waals surface area contributed by atoms with Crippen LogP contribution in [0.1, 0.15) is 31.4 Å². The molecule has 0 spiro atoms. The molecule has 0 aliphatic heterocycles. The molecule has 0 bridgehead atoms. The van der Waals surface area contributed by atoms with Crippen LogP contribution in [0, 0.1) is 0 Å². The molecule has 34 heavy (non-hydrogen) atoms. The van der Waals surface area contributed by atoms with Gasteiger partial charge in [0.2, 0.25) is 11.6 Å². The molecular weight excluding hydrogens is 455 g/mol. The van der Waals surface area contributed by atoms with E-state index < -0.39 is 17.7 Å². The summed E-state index contributed by atoms with van der Waals surface area (Å²) in [5, 5.41) is 4.30. The van der Waals surface area contributed by atoms with Crippen LogP contribution in [0.15, 0.2) is 42.7 Å². The monoisotopic (exact) mass is 479 g/mol. The number of methoxy groups -OCH3 is 1. The third kappa shape index (κ3) is 6.18. The van der Waals surface area contributed by atoms with E-state index >= 15 is 0 Å². The van der Waals surface area contributed by atoms with Crippen LogP contribution in [-0.4, -0.2) is 41.1 Å². The number of carbonyl (C=O) groups is 1. The van der Waals surface area contributed by atoms with Crippen molar-refractivity contribution in [2.75, 3.05) is 20.3 Å². The van der Waals surface area contributed by atoms with Gasteiger partial charge in [-0.1, -0.05) is 6.07 Å². The number of rotatable bonds is 10. The molecule has 0 unspecified atom stereocenters. The van der Waals surface area contributed by atoms with Crippen molar-refractivity contribution in [2.24, 2.45) is 0 Å². The average molecular weight is 479 g/mol. The maximum absolute atomic E-state index is 12.8. The van der Waals surface area contributed by atoms with Gasteiger partial charge in [0.1, 0.15) is 0 Å². The van der Waals surface area contributed by atoms with Crippen LogP contribution in [0.4, 0.5) is 13.2 Å². The molecule has 0 aliphatic rings. The second-order valence-corrected chi connectivity index (χ2v) is 7.07. The fourth-order valence-electron chi connectivity index (χ4n) is 3.09. The molecule has 0 aliphatic carbocycles. The molecule has 2 heterocycles. The minimum Gasteiger partial charge on any atom is -0.493 e. The van der Waals surface area contributed by atoms with Gasteiger partial charge in [-0.25, -0.2) is 9.67 Å². The first-order valence-corrected chi connectivity index (χ1v) is 10.5. The van der Waals surface area contributed by atoms with Crippen molar-refractivity contribution in [1.82, 2.24) is 14.8 Å². The van der Waals surface area contributed by atoms with E-state index in [1.54, 1.807) is 24.4 Å². The molecule has 0 N–H and O–H groups in total. The quantitative estimate of drug-likeness (QED) is 0.238. The molecule has 0 saturated heterocycles. The van der Waals surface area contributed by atoms with Crippen LogP contribution < -0.4 is 18.9 Å². The van der Waals surface area contributed by atoms with Crippen LogP contribution in [0.3, 0.4) is 0 Å². The van der Waals surface area contributed by atoms with Crippen molar-refractivity contribution < 1.29 is 36.9 Å². The molecule has 3 aromatic rings. The molecular formula is C23H24F3N3O5. The molecule has 0 amide bonds. The number of alkyl halides is 3. The summed E-state index contributed by atoms with van der Waals surface area (Å²) in [6, 6.07) is 7.24. The predicted molar refractivity (Wildman–Crippen MR) is 116 cm³/mol. The largest absolute Gasteiger partial charge is 0.493 e. The van der Waals surface area contributed by atoms with Gasteiger partial charge in [0.15, 0.2) is 17.3 Å². The van der Waals surface area contributed by atoms with E-state index in [1.807, 2.05) is 6.92 Å². The predicted octanol–water partition coefficient (Wildman–Crippen LogP) is 4.63. The lowest BCUT2D eigenvalue weighted by molar-refractivity contribution is -0.138. The highest BCUT2D eigenvalue weighted by Crippen LogP contribution is 2.37. The number of hydrogen-bond acceptors (Lipinski definition) is 7. The van der Waals surface area contributed by atoms with Gasteiger partial charge >= 0.3 is 12.1 Å². The second kappa shape index (κ2) is 10.9. The first kappa shape index (κ1) is 24.9. The smallest absolute Gasteiger partial charge is 0.417 e. The number of aryl methyl sites for hydroxylation is 1. The van der Waals surface area contributed by atoms with Crippen molar-refractivity contribution in [2.45, 2.75) is 32.9 Å². The summed E-state index contributed by atoms with van der Waals surface area (Å²) in [5.41, 5.74) is -0.0885. The fourth-order valence-corrected chi connectivity index (χ4v) is 3.09. The number of benzene rings is 1. The Morgan fingerprint density at radius 2 is 1.88 bits per heavy atom. The molecule has 2 aromatic heterocycles. The van der Waals surface area contributed by atoms with Crippen LogP contribution in [0.25, 0.3) is 5.82 Å². The third-order valence-corrected chi connectivity index (χ3v) is 4.60. The number of esters is 1. The Hall–Kier alpha value is -3.76. The van der Waals surface area contributed by atoms with Crippen LogP contribution in [0.5, 0.6) is 23.1 Å². The highest BCUT2D eigenvalue weighted by Gasteiger charge is 2.30. The molecule has 0 fully saturated rings. The zero-order valence-electron chi connectivity index (χ0n) is 18.9. The molecule has 1 aromatic carbocycles. The van der Waals surface area contributed by atoms with E-state index in [1.165, 1.54) is 24.8 Å². The van der Waals surface area contributed by atoms with Gasteiger partial charge < -0.3 is 18.9 Å². The SMILES string of the molecule is CCOc1nn(-c2ccc(C(F)(F)F)cn2)cc1CCCOc1cccc(OC)c1OC(C)=O. The lowest BCUT2D eigenvalue weighted by Gasteiger charge is -2.13. The zero-order chi connectivity index (χ0) is 24.7. The maximum atomic E-state index is 12.8. The number of halogens is 3. The molecule has 0 atom stereocenters. The number of pyridine rings is 1. The molecule has 0 saturated carbocycles. The number of ether oxygens (including phenoxy) is 4.